The van der Waals surface area contributed by atoms with Crippen LogP contribution in [0.2, 0.25) is 0 Å². The molecule has 2 aliphatic rings. The Hall–Kier alpha value is -3.84. The van der Waals surface area contributed by atoms with E-state index in [9.17, 15) is 4.79 Å². The van der Waals surface area contributed by atoms with Gasteiger partial charge in [0.05, 0.1) is 23.5 Å². The Bertz CT molecular complexity index is 1310. The van der Waals surface area contributed by atoms with Crippen molar-refractivity contribution in [3.05, 3.63) is 53.2 Å². The molecule has 1 amide bonds. The number of likely N-dealkylation sites (tertiary alicyclic amines) is 1. The van der Waals surface area contributed by atoms with E-state index in [4.69, 9.17) is 19.6 Å². The van der Waals surface area contributed by atoms with Gasteiger partial charge in [-0.3, -0.25) is 9.69 Å². The summed E-state index contributed by atoms with van der Waals surface area (Å²) in [4.78, 5) is 29.4. The third-order valence-corrected chi connectivity index (χ3v) is 7.60. The summed E-state index contributed by atoms with van der Waals surface area (Å²) in [6.07, 6.45) is 5.90. The molecule has 2 aromatic heterocycles. The smallest absolute Gasteiger partial charge is 0.267 e. The van der Waals surface area contributed by atoms with Gasteiger partial charge in [0.25, 0.3) is 11.8 Å². The summed E-state index contributed by atoms with van der Waals surface area (Å²) in [7, 11) is 0. The van der Waals surface area contributed by atoms with Crippen molar-refractivity contribution < 1.29 is 9.21 Å². The molecule has 38 heavy (non-hydrogen) atoms. The van der Waals surface area contributed by atoms with Crippen molar-refractivity contribution in [2.24, 2.45) is 0 Å². The monoisotopic (exact) mass is 514 g/mol. The minimum Gasteiger partial charge on any atom is -0.420 e. The highest BCUT2D eigenvalue weighted by Gasteiger charge is 2.35. The molecule has 4 heterocycles. The zero-order valence-corrected chi connectivity index (χ0v) is 22.3. The number of hydrogen-bond acceptors (Lipinski definition) is 9. The van der Waals surface area contributed by atoms with Gasteiger partial charge in [-0.05, 0) is 50.5 Å². The predicted octanol–water partition coefficient (Wildman–Crippen LogP) is 3.61. The van der Waals surface area contributed by atoms with Crippen LogP contribution in [0.4, 0.5) is 5.82 Å². The lowest BCUT2D eigenvalue weighted by Gasteiger charge is -2.48. The Kier molecular flexibility index (Phi) is 7.65. The van der Waals surface area contributed by atoms with Crippen molar-refractivity contribution in [2.45, 2.75) is 58.5 Å². The number of aromatic nitrogens is 4. The number of nitrogens with zero attached hydrogens (tertiary/aromatic N) is 8. The van der Waals surface area contributed by atoms with Crippen LogP contribution in [0.5, 0.6) is 0 Å². The summed E-state index contributed by atoms with van der Waals surface area (Å²) in [6.45, 7) is 10.2. The number of carbonyl (C=O) groups excluding carboxylic acids is 1. The predicted molar refractivity (Wildman–Crippen MR) is 142 cm³/mol. The molecule has 0 bridgehead atoms. The zero-order chi connectivity index (χ0) is 26.6. The average Bonchev–Trinajstić information content (AvgIpc) is 3.39. The van der Waals surface area contributed by atoms with Gasteiger partial charge in [0.1, 0.15) is 11.5 Å². The number of nitriles is 1. The van der Waals surface area contributed by atoms with Gasteiger partial charge in [0.15, 0.2) is 0 Å². The van der Waals surface area contributed by atoms with Crippen molar-refractivity contribution in [3.8, 4) is 17.7 Å². The summed E-state index contributed by atoms with van der Waals surface area (Å²) in [5.41, 5.74) is 2.67. The first-order chi connectivity index (χ1) is 18.5. The Labute approximate surface area is 223 Å². The van der Waals surface area contributed by atoms with Crippen molar-refractivity contribution in [2.75, 3.05) is 37.6 Å². The quantitative estimate of drug-likeness (QED) is 0.486. The molecular formula is C28H34N8O2. The van der Waals surface area contributed by atoms with E-state index < -0.39 is 0 Å². The molecule has 0 unspecified atom stereocenters. The topological polar surface area (TPSA) is 115 Å². The Morgan fingerprint density at radius 1 is 1.11 bits per heavy atom. The van der Waals surface area contributed by atoms with E-state index in [1.165, 1.54) is 0 Å². The van der Waals surface area contributed by atoms with Gasteiger partial charge in [-0.15, -0.1) is 10.2 Å². The molecule has 2 aliphatic heterocycles. The van der Waals surface area contributed by atoms with E-state index in [1.54, 1.807) is 37.4 Å². The number of anilines is 1. The van der Waals surface area contributed by atoms with Crippen LogP contribution < -0.4 is 4.90 Å². The van der Waals surface area contributed by atoms with Crippen LogP contribution in [0.3, 0.4) is 0 Å². The van der Waals surface area contributed by atoms with Crippen molar-refractivity contribution >= 4 is 11.7 Å². The number of hydrogen-bond donors (Lipinski definition) is 0. The van der Waals surface area contributed by atoms with Gasteiger partial charge in [0.2, 0.25) is 5.89 Å². The molecule has 1 atom stereocenters. The SMILES string of the molecule is CCC[C@H]1CN(c2ncc(-c3nnc(C)o3)nc2C)CCN1C1CCN(C(=O)c2ccc(C#N)cc2)CC1. The fourth-order valence-electron chi connectivity index (χ4n) is 5.69. The van der Waals surface area contributed by atoms with Crippen molar-refractivity contribution in [1.29, 1.82) is 5.26 Å². The second kappa shape index (κ2) is 11.3. The maximum absolute atomic E-state index is 13.0. The van der Waals surface area contributed by atoms with Gasteiger partial charge in [-0.2, -0.15) is 5.26 Å². The van der Waals surface area contributed by atoms with E-state index >= 15 is 0 Å². The molecule has 0 aliphatic carbocycles. The first kappa shape index (κ1) is 25.8. The fraction of sp³-hybridized carbons (Fsp3) is 0.500. The van der Waals surface area contributed by atoms with Crippen LogP contribution in [-0.2, 0) is 0 Å². The second-order valence-corrected chi connectivity index (χ2v) is 10.1. The lowest BCUT2D eigenvalue weighted by Crippen LogP contribution is -2.59. The van der Waals surface area contributed by atoms with Gasteiger partial charge in [-0.25, -0.2) is 9.97 Å². The van der Waals surface area contributed by atoms with Crippen LogP contribution in [0.1, 0.15) is 60.1 Å². The minimum absolute atomic E-state index is 0.0519. The number of piperazine rings is 1. The Morgan fingerprint density at radius 3 is 2.50 bits per heavy atom. The summed E-state index contributed by atoms with van der Waals surface area (Å²) in [5, 5.41) is 17.0. The van der Waals surface area contributed by atoms with Crippen LogP contribution in [0, 0.1) is 25.2 Å². The van der Waals surface area contributed by atoms with Gasteiger partial charge < -0.3 is 14.2 Å². The Balaban J connectivity index is 1.22. The van der Waals surface area contributed by atoms with Gasteiger partial charge in [-0.1, -0.05) is 13.3 Å². The molecule has 2 saturated heterocycles. The molecule has 198 valence electrons. The third kappa shape index (κ3) is 5.38. The number of carbonyl (C=O) groups is 1. The molecule has 0 N–H and O–H groups in total. The molecule has 0 radical (unpaired) electrons. The highest BCUT2D eigenvalue weighted by Crippen LogP contribution is 2.28. The van der Waals surface area contributed by atoms with E-state index in [0.717, 1.165) is 69.9 Å². The molecule has 0 spiro atoms. The van der Waals surface area contributed by atoms with E-state index in [2.05, 4.69) is 33.0 Å². The molecule has 3 aromatic rings. The summed E-state index contributed by atoms with van der Waals surface area (Å²) >= 11 is 0. The highest BCUT2D eigenvalue weighted by atomic mass is 16.4. The van der Waals surface area contributed by atoms with E-state index in [1.807, 2.05) is 11.8 Å². The number of aryl methyl sites for hydroxylation is 2. The van der Waals surface area contributed by atoms with E-state index in [0.29, 0.717) is 40.7 Å². The molecule has 10 heteroatoms. The van der Waals surface area contributed by atoms with Crippen LogP contribution in [0.25, 0.3) is 11.6 Å². The average molecular weight is 515 g/mol. The number of amides is 1. The second-order valence-electron chi connectivity index (χ2n) is 10.1. The van der Waals surface area contributed by atoms with Crippen LogP contribution in [0.15, 0.2) is 34.9 Å². The molecular weight excluding hydrogens is 480 g/mol. The minimum atomic E-state index is 0.0519. The molecule has 0 saturated carbocycles. The summed E-state index contributed by atoms with van der Waals surface area (Å²) < 4.78 is 5.52. The number of benzene rings is 1. The van der Waals surface area contributed by atoms with Crippen molar-refractivity contribution in [3.63, 3.8) is 0 Å². The first-order valence-electron chi connectivity index (χ1n) is 13.4. The maximum Gasteiger partial charge on any atom is 0.267 e. The number of piperidine rings is 1. The zero-order valence-electron chi connectivity index (χ0n) is 22.3. The summed E-state index contributed by atoms with van der Waals surface area (Å²) in [5.74, 6) is 1.86. The lowest BCUT2D eigenvalue weighted by molar-refractivity contribution is 0.0481. The van der Waals surface area contributed by atoms with Crippen molar-refractivity contribution in [1.82, 2.24) is 30.0 Å². The first-order valence-corrected chi connectivity index (χ1v) is 13.4. The Morgan fingerprint density at radius 2 is 1.87 bits per heavy atom. The van der Waals surface area contributed by atoms with Crippen LogP contribution >= 0.6 is 0 Å². The molecule has 2 fully saturated rings. The highest BCUT2D eigenvalue weighted by molar-refractivity contribution is 5.94. The number of rotatable bonds is 6. The van der Waals surface area contributed by atoms with Crippen LogP contribution in [-0.4, -0.2) is 80.7 Å². The van der Waals surface area contributed by atoms with E-state index in [-0.39, 0.29) is 5.91 Å². The molecule has 5 rings (SSSR count). The fourth-order valence-corrected chi connectivity index (χ4v) is 5.69. The lowest BCUT2D eigenvalue weighted by atomic mass is 9.96. The molecule has 10 nitrogen and oxygen atoms in total. The molecule has 1 aromatic carbocycles. The third-order valence-electron chi connectivity index (χ3n) is 7.60. The normalized spacial score (nSPS) is 18.9. The van der Waals surface area contributed by atoms with Gasteiger partial charge >= 0.3 is 0 Å². The summed E-state index contributed by atoms with van der Waals surface area (Å²) in [6, 6.07) is 9.93. The largest absolute Gasteiger partial charge is 0.420 e. The standard InChI is InChI=1S/C28H34N8O2/c1-4-5-24-18-35(26-19(2)31-25(17-30-26)27-33-32-20(3)38-27)14-15-36(24)23-10-12-34(13-11-23)28(37)22-8-6-21(16-29)7-9-22/h6-9,17,23-24H,4-5,10-15,18H2,1-3H3/t24-/m0/s1. The van der Waals surface area contributed by atoms with Gasteiger partial charge in [0, 0.05) is 57.3 Å². The maximum atomic E-state index is 13.0.